The third-order valence-corrected chi connectivity index (χ3v) is 5.41. The molecule has 3 heteroatoms. The molecule has 1 aliphatic carbocycles. The molecule has 0 bridgehead atoms. The van der Waals surface area contributed by atoms with Gasteiger partial charge in [0.25, 0.3) is 0 Å². The van der Waals surface area contributed by atoms with Crippen molar-refractivity contribution in [2.24, 2.45) is 0 Å². The molecule has 1 N–H and O–H groups in total. The van der Waals surface area contributed by atoms with Gasteiger partial charge < -0.3 is 9.84 Å². The lowest BCUT2D eigenvalue weighted by molar-refractivity contribution is -0.131. The molecule has 0 aromatic heterocycles. The Hall–Kier alpha value is -2.13. The minimum Gasteiger partial charge on any atom is -0.478 e. The summed E-state index contributed by atoms with van der Waals surface area (Å²) in [5.74, 6) is -0.929. The third kappa shape index (κ3) is 3.34. The van der Waals surface area contributed by atoms with E-state index in [9.17, 15) is 4.79 Å². The average Bonchev–Trinajstić information content (AvgIpc) is 3.20. The molecule has 1 saturated heterocycles. The number of hydrogen-bond donors (Lipinski definition) is 1. The van der Waals surface area contributed by atoms with Crippen molar-refractivity contribution in [3.8, 4) is 0 Å². The van der Waals surface area contributed by atoms with Gasteiger partial charge in [0.2, 0.25) is 0 Å². The fourth-order valence-electron chi connectivity index (χ4n) is 3.56. The zero-order chi connectivity index (χ0) is 18.4. The van der Waals surface area contributed by atoms with Gasteiger partial charge in [-0.15, -0.1) is 0 Å². The summed E-state index contributed by atoms with van der Waals surface area (Å²) in [5, 5.41) is 8.78. The van der Waals surface area contributed by atoms with Crippen LogP contribution < -0.4 is 0 Å². The van der Waals surface area contributed by atoms with Crippen LogP contribution in [-0.4, -0.2) is 17.2 Å². The fraction of sp³-hybridized carbons (Fsp3) is 0.409. The molecule has 0 saturated carbocycles. The maximum Gasteiger partial charge on any atom is 0.328 e. The lowest BCUT2D eigenvalue weighted by Gasteiger charge is -2.32. The van der Waals surface area contributed by atoms with E-state index in [0.717, 1.165) is 6.42 Å². The highest BCUT2D eigenvalue weighted by Crippen LogP contribution is 2.49. The van der Waals surface area contributed by atoms with Crippen molar-refractivity contribution in [2.45, 2.75) is 58.2 Å². The van der Waals surface area contributed by atoms with Crippen LogP contribution in [0.4, 0.5) is 0 Å². The van der Waals surface area contributed by atoms with Gasteiger partial charge in [0.05, 0.1) is 0 Å². The van der Waals surface area contributed by atoms with Crippen molar-refractivity contribution in [1.82, 2.24) is 0 Å². The molecule has 1 heterocycles. The highest BCUT2D eigenvalue weighted by molar-refractivity contribution is 5.81. The Morgan fingerprint density at radius 2 is 2.04 bits per heavy atom. The van der Waals surface area contributed by atoms with Crippen LogP contribution in [0, 0.1) is 0 Å². The Morgan fingerprint density at radius 1 is 1.32 bits per heavy atom. The summed E-state index contributed by atoms with van der Waals surface area (Å²) in [7, 11) is 0. The Balaban J connectivity index is 1.85. The number of epoxide rings is 1. The summed E-state index contributed by atoms with van der Waals surface area (Å²) < 4.78 is 5.94. The van der Waals surface area contributed by atoms with Gasteiger partial charge >= 0.3 is 5.97 Å². The van der Waals surface area contributed by atoms with Crippen LogP contribution in [0.25, 0.3) is 5.57 Å². The van der Waals surface area contributed by atoms with Crippen molar-refractivity contribution >= 4 is 11.5 Å². The van der Waals surface area contributed by atoms with Crippen LogP contribution in [0.2, 0.25) is 0 Å². The van der Waals surface area contributed by atoms with Gasteiger partial charge in [-0.25, -0.2) is 4.79 Å². The van der Waals surface area contributed by atoms with E-state index in [1.54, 1.807) is 6.92 Å². The highest BCUT2D eigenvalue weighted by Gasteiger charge is 2.52. The zero-order valence-corrected chi connectivity index (χ0v) is 15.6. The van der Waals surface area contributed by atoms with Gasteiger partial charge in [0.15, 0.2) is 0 Å². The summed E-state index contributed by atoms with van der Waals surface area (Å²) in [6.45, 7) is 10.6. The van der Waals surface area contributed by atoms with E-state index in [-0.39, 0.29) is 17.1 Å². The van der Waals surface area contributed by atoms with Crippen molar-refractivity contribution < 1.29 is 14.6 Å². The molecule has 0 spiro atoms. The second kappa shape index (κ2) is 5.99. The average molecular weight is 338 g/mol. The van der Waals surface area contributed by atoms with Crippen LogP contribution in [0.3, 0.4) is 0 Å². The number of carboxylic acid groups (broad SMARTS) is 1. The first kappa shape index (κ1) is 17.7. The number of ether oxygens (including phenoxy) is 1. The fourth-order valence-corrected chi connectivity index (χ4v) is 3.56. The topological polar surface area (TPSA) is 49.8 Å². The molecule has 2 unspecified atom stereocenters. The molecule has 1 aromatic rings. The smallest absolute Gasteiger partial charge is 0.328 e. The maximum absolute atomic E-state index is 10.7. The second-order valence-corrected chi connectivity index (χ2v) is 7.97. The van der Waals surface area contributed by atoms with E-state index in [0.29, 0.717) is 5.57 Å². The molecule has 2 aliphatic rings. The van der Waals surface area contributed by atoms with Gasteiger partial charge in [0.1, 0.15) is 11.7 Å². The molecule has 1 fully saturated rings. The Morgan fingerprint density at radius 3 is 2.72 bits per heavy atom. The molecule has 1 aromatic carbocycles. The molecular formula is C22H26O3. The van der Waals surface area contributed by atoms with Crippen LogP contribution in [0.5, 0.6) is 0 Å². The second-order valence-electron chi connectivity index (χ2n) is 7.97. The summed E-state index contributed by atoms with van der Waals surface area (Å²) in [4.78, 5) is 10.7. The van der Waals surface area contributed by atoms with E-state index in [1.165, 1.54) is 28.3 Å². The van der Waals surface area contributed by atoms with Crippen LogP contribution in [-0.2, 0) is 20.5 Å². The zero-order valence-electron chi connectivity index (χ0n) is 15.6. The predicted octanol–water partition coefficient (Wildman–Crippen LogP) is 4.97. The Labute approximate surface area is 149 Å². The van der Waals surface area contributed by atoms with E-state index in [4.69, 9.17) is 9.84 Å². The van der Waals surface area contributed by atoms with Crippen LogP contribution >= 0.6 is 0 Å². The quantitative estimate of drug-likeness (QED) is 0.479. The highest BCUT2D eigenvalue weighted by atomic mass is 16.6. The van der Waals surface area contributed by atoms with Crippen LogP contribution in [0.15, 0.2) is 48.1 Å². The minimum absolute atomic E-state index is 0.0245. The number of fused-ring (bicyclic) bond motifs is 1. The van der Waals surface area contributed by atoms with Crippen molar-refractivity contribution in [2.75, 3.05) is 0 Å². The predicted molar refractivity (Wildman–Crippen MR) is 100 cm³/mol. The van der Waals surface area contributed by atoms with Crippen molar-refractivity contribution in [1.29, 1.82) is 0 Å². The Bertz CT molecular complexity index is 811. The first-order valence-electron chi connectivity index (χ1n) is 8.73. The minimum atomic E-state index is -0.929. The Kier molecular flexibility index (Phi) is 4.24. The number of carboxylic acids is 1. The summed E-state index contributed by atoms with van der Waals surface area (Å²) in [6, 6.07) is 6.67. The third-order valence-electron chi connectivity index (χ3n) is 5.41. The van der Waals surface area contributed by atoms with Gasteiger partial charge in [0, 0.05) is 6.08 Å². The van der Waals surface area contributed by atoms with Crippen LogP contribution in [0.1, 0.15) is 57.7 Å². The molecule has 2 atom stereocenters. The van der Waals surface area contributed by atoms with Crippen molar-refractivity contribution in [3.05, 3.63) is 64.8 Å². The molecule has 25 heavy (non-hydrogen) atoms. The number of hydrogen-bond acceptors (Lipinski definition) is 2. The molecule has 3 rings (SSSR count). The molecule has 1 aliphatic heterocycles. The first-order valence-corrected chi connectivity index (χ1v) is 8.73. The van der Waals surface area contributed by atoms with Gasteiger partial charge in [-0.05, 0) is 66.5 Å². The molecule has 3 nitrogen and oxygen atoms in total. The number of benzene rings is 1. The standard InChI is InChI=1S/C22H26O3/c1-14(12-20(23)24)6-9-19-22(5,25-19)16-7-8-18-17(13-16)15(2)10-11-21(18,3)4/h6-10,12-13,19H,11H2,1-5H3,(H,23,24)/b9-6+,14-12+. The van der Waals surface area contributed by atoms with Gasteiger partial charge in [-0.1, -0.05) is 44.2 Å². The first-order chi connectivity index (χ1) is 11.6. The van der Waals surface area contributed by atoms with Gasteiger partial charge in [-0.3, -0.25) is 0 Å². The summed E-state index contributed by atoms with van der Waals surface area (Å²) >= 11 is 0. The lowest BCUT2D eigenvalue weighted by atomic mass is 9.73. The lowest BCUT2D eigenvalue weighted by Crippen LogP contribution is -2.22. The number of carbonyl (C=O) groups is 1. The number of aliphatic carboxylic acids is 1. The molecule has 0 amide bonds. The number of rotatable bonds is 4. The SMILES string of the molecule is CC1=CCC(C)(C)c2ccc(C3(C)OC3/C=C/C(C)=C/C(=O)O)cc21. The van der Waals surface area contributed by atoms with E-state index >= 15 is 0 Å². The summed E-state index contributed by atoms with van der Waals surface area (Å²) in [5.41, 5.74) is 5.74. The molecule has 0 radical (unpaired) electrons. The van der Waals surface area contributed by atoms with E-state index < -0.39 is 5.97 Å². The summed E-state index contributed by atoms with van der Waals surface area (Å²) in [6.07, 6.45) is 8.32. The van der Waals surface area contributed by atoms with E-state index in [1.807, 2.05) is 12.2 Å². The van der Waals surface area contributed by atoms with E-state index in [2.05, 4.69) is 52.0 Å². The normalized spacial score (nSPS) is 27.8. The molecule has 132 valence electrons. The monoisotopic (exact) mass is 338 g/mol. The number of allylic oxidation sites excluding steroid dienone is 4. The van der Waals surface area contributed by atoms with Crippen molar-refractivity contribution in [3.63, 3.8) is 0 Å². The molecular weight excluding hydrogens is 312 g/mol. The maximum atomic E-state index is 10.7. The van der Waals surface area contributed by atoms with Gasteiger partial charge in [-0.2, -0.15) is 0 Å². The largest absolute Gasteiger partial charge is 0.478 e.